The summed E-state index contributed by atoms with van der Waals surface area (Å²) in [7, 11) is 0. The van der Waals surface area contributed by atoms with Crippen molar-refractivity contribution in [2.45, 2.75) is 13.8 Å². The van der Waals surface area contributed by atoms with Crippen molar-refractivity contribution in [3.63, 3.8) is 0 Å². The highest BCUT2D eigenvalue weighted by Gasteiger charge is 2.23. The number of azo groups is 1. The lowest BCUT2D eigenvalue weighted by Gasteiger charge is -2.24. The monoisotopic (exact) mass is 505 g/mol. The minimum absolute atomic E-state index is 0.0485. The molecule has 0 spiro atoms. The van der Waals surface area contributed by atoms with Crippen LogP contribution in [0.2, 0.25) is 5.02 Å². The van der Waals surface area contributed by atoms with E-state index >= 15 is 0 Å². The first-order valence-corrected chi connectivity index (χ1v) is 10.8. The number of rotatable bonds is 12. The molecule has 0 fully saturated rings. The van der Waals surface area contributed by atoms with E-state index in [1.807, 2.05) is 6.07 Å². The highest BCUT2D eigenvalue weighted by molar-refractivity contribution is 6.33. The molecule has 0 bridgehead atoms. The molecule has 0 saturated heterocycles. The van der Waals surface area contributed by atoms with Crippen LogP contribution in [0.4, 0.5) is 22.7 Å². The maximum atomic E-state index is 12.1. The quantitative estimate of drug-likeness (QED) is 0.197. The fraction of sp³-hybridized carbons (Fsp3) is 0.318. The molecule has 0 heterocycles. The molecule has 0 aliphatic heterocycles. The van der Waals surface area contributed by atoms with Crippen LogP contribution in [0.1, 0.15) is 13.8 Å². The molecule has 0 aliphatic rings. The van der Waals surface area contributed by atoms with Crippen molar-refractivity contribution in [3.05, 3.63) is 57.6 Å². The minimum atomic E-state index is -0.625. The molecule has 0 radical (unpaired) electrons. The SMILES string of the molecule is CC(=O)OCCN(CCOC(C)=O)c1cc(N=NCC(=O)Nc2ccccc2)c(Cl)cc1[N+](=O)[O-]. The first kappa shape index (κ1) is 27.2. The third kappa shape index (κ3) is 9.37. The molecule has 0 unspecified atom stereocenters. The Kier molecular flexibility index (Phi) is 10.6. The third-order valence-electron chi connectivity index (χ3n) is 4.36. The number of nitrogens with one attached hydrogen (secondary N) is 1. The predicted molar refractivity (Wildman–Crippen MR) is 128 cm³/mol. The summed E-state index contributed by atoms with van der Waals surface area (Å²) < 4.78 is 9.89. The molecule has 35 heavy (non-hydrogen) atoms. The van der Waals surface area contributed by atoms with E-state index in [9.17, 15) is 24.5 Å². The van der Waals surface area contributed by atoms with Gasteiger partial charge in [-0.15, -0.1) is 0 Å². The molecule has 2 aromatic rings. The van der Waals surface area contributed by atoms with Gasteiger partial charge in [0.2, 0.25) is 5.91 Å². The molecular formula is C22H24ClN5O7. The molecular weight excluding hydrogens is 482 g/mol. The lowest BCUT2D eigenvalue weighted by molar-refractivity contribution is -0.384. The Morgan fingerprint density at radius 1 is 1.06 bits per heavy atom. The van der Waals surface area contributed by atoms with Crippen molar-refractivity contribution in [3.8, 4) is 0 Å². The van der Waals surface area contributed by atoms with E-state index in [0.29, 0.717) is 5.69 Å². The number of nitro groups is 1. The Morgan fingerprint density at radius 2 is 1.66 bits per heavy atom. The van der Waals surface area contributed by atoms with Gasteiger partial charge in [0, 0.05) is 25.6 Å². The summed E-state index contributed by atoms with van der Waals surface area (Å²) >= 11 is 6.17. The number of ether oxygens (including phenoxy) is 2. The van der Waals surface area contributed by atoms with Crippen molar-refractivity contribution in [1.29, 1.82) is 0 Å². The number of halogens is 1. The van der Waals surface area contributed by atoms with Gasteiger partial charge in [-0.05, 0) is 18.2 Å². The number of benzene rings is 2. The van der Waals surface area contributed by atoms with E-state index in [4.69, 9.17) is 21.1 Å². The van der Waals surface area contributed by atoms with Gasteiger partial charge in [-0.2, -0.15) is 10.2 Å². The summed E-state index contributed by atoms with van der Waals surface area (Å²) in [5.74, 6) is -1.44. The molecule has 2 aromatic carbocycles. The molecule has 0 aromatic heterocycles. The zero-order chi connectivity index (χ0) is 25.8. The second-order valence-electron chi connectivity index (χ2n) is 7.03. The maximum Gasteiger partial charge on any atom is 0.302 e. The molecule has 1 N–H and O–H groups in total. The van der Waals surface area contributed by atoms with Crippen LogP contribution in [0.25, 0.3) is 0 Å². The Balaban J connectivity index is 2.25. The number of hydrogen-bond donors (Lipinski definition) is 1. The molecule has 12 nitrogen and oxygen atoms in total. The van der Waals surface area contributed by atoms with Gasteiger partial charge in [-0.1, -0.05) is 29.8 Å². The number of amides is 1. The Morgan fingerprint density at radius 3 is 2.20 bits per heavy atom. The fourth-order valence-electron chi connectivity index (χ4n) is 2.87. The van der Waals surface area contributed by atoms with E-state index in [2.05, 4.69) is 15.5 Å². The number of nitrogens with zero attached hydrogens (tertiary/aromatic N) is 4. The summed E-state index contributed by atoms with van der Waals surface area (Å²) in [4.78, 5) is 46.9. The minimum Gasteiger partial charge on any atom is -0.464 e. The predicted octanol–water partition coefficient (Wildman–Crippen LogP) is 3.90. The van der Waals surface area contributed by atoms with Crippen LogP contribution in [0.5, 0.6) is 0 Å². The molecule has 0 aliphatic carbocycles. The summed E-state index contributed by atoms with van der Waals surface area (Å²) in [5, 5.41) is 22.1. The number of anilines is 2. The number of carbonyl (C=O) groups excluding carboxylic acids is 3. The van der Waals surface area contributed by atoms with Crippen LogP contribution in [0.3, 0.4) is 0 Å². The average Bonchev–Trinajstić information content (AvgIpc) is 2.79. The van der Waals surface area contributed by atoms with Gasteiger partial charge in [-0.3, -0.25) is 24.5 Å². The van der Waals surface area contributed by atoms with Crippen molar-refractivity contribution in [2.75, 3.05) is 43.1 Å². The highest BCUT2D eigenvalue weighted by Crippen LogP contribution is 2.38. The van der Waals surface area contributed by atoms with Crippen molar-refractivity contribution < 1.29 is 28.8 Å². The normalized spacial score (nSPS) is 10.6. The van der Waals surface area contributed by atoms with Crippen molar-refractivity contribution in [2.24, 2.45) is 10.2 Å². The van der Waals surface area contributed by atoms with Crippen molar-refractivity contribution >= 4 is 52.2 Å². The van der Waals surface area contributed by atoms with E-state index in [1.54, 1.807) is 24.3 Å². The van der Waals surface area contributed by atoms with Gasteiger partial charge in [0.1, 0.15) is 31.1 Å². The zero-order valence-electron chi connectivity index (χ0n) is 19.1. The molecule has 186 valence electrons. The van der Waals surface area contributed by atoms with Crippen LogP contribution in [0, 0.1) is 10.1 Å². The van der Waals surface area contributed by atoms with Crippen LogP contribution < -0.4 is 10.2 Å². The molecule has 0 atom stereocenters. The molecule has 1 amide bonds. The Labute approximate surface area is 206 Å². The second-order valence-corrected chi connectivity index (χ2v) is 7.44. The summed E-state index contributed by atoms with van der Waals surface area (Å²) in [6, 6.07) is 11.2. The molecule has 13 heteroatoms. The Bertz CT molecular complexity index is 1080. The smallest absolute Gasteiger partial charge is 0.302 e. The molecule has 0 saturated carbocycles. The van der Waals surface area contributed by atoms with E-state index in [0.717, 1.165) is 6.07 Å². The number of nitro benzene ring substituents is 1. The van der Waals surface area contributed by atoms with Gasteiger partial charge >= 0.3 is 11.9 Å². The van der Waals surface area contributed by atoms with Crippen molar-refractivity contribution in [1.82, 2.24) is 0 Å². The summed E-state index contributed by atoms with van der Waals surface area (Å²) in [6.45, 7) is 2.18. The van der Waals surface area contributed by atoms with Crippen LogP contribution in [-0.2, 0) is 23.9 Å². The first-order chi connectivity index (χ1) is 16.7. The van der Waals surface area contributed by atoms with Gasteiger partial charge < -0.3 is 19.7 Å². The number of esters is 2. The highest BCUT2D eigenvalue weighted by atomic mass is 35.5. The topological polar surface area (TPSA) is 153 Å². The second kappa shape index (κ2) is 13.6. The van der Waals surface area contributed by atoms with E-state index in [1.165, 1.54) is 24.8 Å². The van der Waals surface area contributed by atoms with Gasteiger partial charge in [-0.25, -0.2) is 0 Å². The number of hydrogen-bond acceptors (Lipinski definition) is 10. The van der Waals surface area contributed by atoms with Gasteiger partial charge in [0.05, 0.1) is 23.0 Å². The van der Waals surface area contributed by atoms with Gasteiger partial charge in [0.15, 0.2) is 0 Å². The first-order valence-electron chi connectivity index (χ1n) is 10.4. The van der Waals surface area contributed by atoms with Gasteiger partial charge in [0.25, 0.3) is 5.69 Å². The van der Waals surface area contributed by atoms with Crippen LogP contribution in [-0.4, -0.2) is 55.6 Å². The van der Waals surface area contributed by atoms with E-state index in [-0.39, 0.29) is 54.9 Å². The average molecular weight is 506 g/mol. The largest absolute Gasteiger partial charge is 0.464 e. The number of carbonyl (C=O) groups is 3. The van der Waals surface area contributed by atoms with Crippen LogP contribution >= 0.6 is 11.6 Å². The summed E-state index contributed by atoms with van der Waals surface area (Å²) in [6.07, 6.45) is 0. The maximum absolute atomic E-state index is 12.1. The van der Waals surface area contributed by atoms with Crippen LogP contribution in [0.15, 0.2) is 52.7 Å². The lowest BCUT2D eigenvalue weighted by Crippen LogP contribution is -2.32. The summed E-state index contributed by atoms with van der Waals surface area (Å²) in [5.41, 5.74) is 0.451. The lowest BCUT2D eigenvalue weighted by atomic mass is 10.2. The third-order valence-corrected chi connectivity index (χ3v) is 4.67. The van der Waals surface area contributed by atoms with E-state index < -0.39 is 22.8 Å². The number of para-hydroxylation sites is 1. The standard InChI is InChI=1S/C22H24ClN5O7/c1-15(29)34-10-8-27(9-11-35-16(2)30)20-13-19(18(23)12-21(20)28(32)33)26-24-14-22(31)25-17-6-4-3-5-7-17/h3-7,12-13H,8-11,14H2,1-2H3,(H,25,31). The zero-order valence-corrected chi connectivity index (χ0v) is 19.9. The Hall–Kier alpha value is -4.06. The molecule has 2 rings (SSSR count). The fourth-order valence-corrected chi connectivity index (χ4v) is 3.06.